The molecule has 0 heterocycles. The molecule has 0 aliphatic rings. The maximum Gasteiger partial charge on any atom is 0.285 e. The molecule has 5 heteroatoms. The fourth-order valence-corrected chi connectivity index (χ4v) is 1.43. The van der Waals surface area contributed by atoms with E-state index in [1.54, 1.807) is 0 Å². The zero-order valence-corrected chi connectivity index (χ0v) is 10.1. The maximum atomic E-state index is 11.7. The third-order valence-corrected chi connectivity index (χ3v) is 2.43. The van der Waals surface area contributed by atoms with Gasteiger partial charge in [0.15, 0.2) is 0 Å². The van der Waals surface area contributed by atoms with Gasteiger partial charge in [0, 0.05) is 18.2 Å². The Morgan fingerprint density at radius 1 is 1.56 bits per heavy atom. The number of amides is 1. The number of benzene rings is 1. The summed E-state index contributed by atoms with van der Waals surface area (Å²) in [4.78, 5) is 21.9. The van der Waals surface area contributed by atoms with Gasteiger partial charge in [0.2, 0.25) is 0 Å². The Morgan fingerprint density at radius 2 is 2.28 bits per heavy atom. The average molecular weight is 246 g/mol. The number of nitrogens with one attached hydrogen (secondary N) is 1. The molecule has 0 bridgehead atoms. The van der Waals surface area contributed by atoms with Crippen molar-refractivity contribution in [2.45, 2.75) is 19.8 Å². The molecule has 0 radical (unpaired) electrons. The van der Waals surface area contributed by atoms with Crippen LogP contribution in [-0.2, 0) is 0 Å². The zero-order chi connectivity index (χ0) is 13.5. The van der Waals surface area contributed by atoms with Gasteiger partial charge in [-0.2, -0.15) is 0 Å². The Bertz CT molecular complexity index is 503. The minimum atomic E-state index is -0.585. The molecule has 0 fully saturated rings. The van der Waals surface area contributed by atoms with Crippen molar-refractivity contribution < 1.29 is 9.72 Å². The van der Waals surface area contributed by atoms with Gasteiger partial charge in [0.25, 0.3) is 11.6 Å². The van der Waals surface area contributed by atoms with Gasteiger partial charge in [-0.15, -0.1) is 6.42 Å². The van der Waals surface area contributed by atoms with Crippen LogP contribution in [0.5, 0.6) is 0 Å². The molecular formula is C13H14N2O3. The van der Waals surface area contributed by atoms with Gasteiger partial charge in [0.05, 0.1) is 4.92 Å². The second kappa shape index (κ2) is 6.40. The minimum absolute atomic E-state index is 0.171. The van der Waals surface area contributed by atoms with Gasteiger partial charge >= 0.3 is 0 Å². The highest BCUT2D eigenvalue weighted by Gasteiger charge is 2.15. The predicted octanol–water partition coefficient (Wildman–Crippen LogP) is 2.11. The third-order valence-electron chi connectivity index (χ3n) is 2.43. The first-order valence-electron chi connectivity index (χ1n) is 5.63. The number of hydrogen-bond acceptors (Lipinski definition) is 3. The lowest BCUT2D eigenvalue weighted by Gasteiger charge is -2.04. The van der Waals surface area contributed by atoms with Gasteiger partial charge in [0.1, 0.15) is 5.56 Å². The Labute approximate surface area is 105 Å². The molecule has 0 saturated heterocycles. The highest BCUT2D eigenvalue weighted by Crippen LogP contribution is 2.19. The Hall–Kier alpha value is -2.35. The molecule has 1 rings (SSSR count). The molecule has 0 aliphatic carbocycles. The van der Waals surface area contributed by atoms with Crippen LogP contribution < -0.4 is 5.32 Å². The number of carbonyl (C=O) groups is 1. The lowest BCUT2D eigenvalue weighted by molar-refractivity contribution is -0.385. The van der Waals surface area contributed by atoms with Crippen LogP contribution in [0, 0.1) is 22.5 Å². The molecule has 1 aromatic carbocycles. The summed E-state index contributed by atoms with van der Waals surface area (Å²) in [7, 11) is 0. The van der Waals surface area contributed by atoms with Gasteiger partial charge in [-0.1, -0.05) is 19.3 Å². The lowest BCUT2D eigenvalue weighted by Crippen LogP contribution is -2.24. The van der Waals surface area contributed by atoms with E-state index >= 15 is 0 Å². The standard InChI is InChI=1S/C13H14N2O3/c1-3-5-8-14-13(16)11-7-6-10(4-2)12(9-11)15(17)18/h2,6-7,9H,3,5,8H2,1H3,(H,14,16). The van der Waals surface area contributed by atoms with Crippen molar-refractivity contribution in [3.63, 3.8) is 0 Å². The monoisotopic (exact) mass is 246 g/mol. The molecule has 1 amide bonds. The molecule has 1 N–H and O–H groups in total. The van der Waals surface area contributed by atoms with Crippen LogP contribution in [0.4, 0.5) is 5.69 Å². The number of rotatable bonds is 5. The van der Waals surface area contributed by atoms with Crippen molar-refractivity contribution in [2.75, 3.05) is 6.54 Å². The average Bonchev–Trinajstić information content (AvgIpc) is 2.38. The fourth-order valence-electron chi connectivity index (χ4n) is 1.43. The van der Waals surface area contributed by atoms with E-state index in [9.17, 15) is 14.9 Å². The number of terminal acetylenes is 1. The SMILES string of the molecule is C#Cc1ccc(C(=O)NCCCC)cc1[N+](=O)[O-]. The molecule has 5 nitrogen and oxygen atoms in total. The van der Waals surface area contributed by atoms with Crippen LogP contribution in [0.25, 0.3) is 0 Å². The van der Waals surface area contributed by atoms with E-state index < -0.39 is 4.92 Å². The summed E-state index contributed by atoms with van der Waals surface area (Å²) < 4.78 is 0. The van der Waals surface area contributed by atoms with Crippen LogP contribution in [0.3, 0.4) is 0 Å². The first-order valence-corrected chi connectivity index (χ1v) is 5.63. The molecule has 18 heavy (non-hydrogen) atoms. The largest absolute Gasteiger partial charge is 0.352 e. The first-order chi connectivity index (χ1) is 8.60. The van der Waals surface area contributed by atoms with Crippen LogP contribution in [0.15, 0.2) is 18.2 Å². The van der Waals surface area contributed by atoms with Crippen molar-refractivity contribution >= 4 is 11.6 Å². The number of nitrogens with zero attached hydrogens (tertiary/aromatic N) is 1. The van der Waals surface area contributed by atoms with Crippen LogP contribution in [-0.4, -0.2) is 17.4 Å². The third kappa shape index (κ3) is 3.32. The van der Waals surface area contributed by atoms with Crippen molar-refractivity contribution in [1.82, 2.24) is 5.32 Å². The van der Waals surface area contributed by atoms with E-state index in [0.717, 1.165) is 12.8 Å². The predicted molar refractivity (Wildman–Crippen MR) is 68.3 cm³/mol. The normalized spacial score (nSPS) is 9.56. The molecule has 0 atom stereocenters. The summed E-state index contributed by atoms with van der Waals surface area (Å²) in [6, 6.07) is 4.10. The van der Waals surface area contributed by atoms with Crippen molar-refractivity contribution in [2.24, 2.45) is 0 Å². The van der Waals surface area contributed by atoms with Gasteiger partial charge < -0.3 is 5.32 Å². The number of nitro benzene ring substituents is 1. The molecule has 94 valence electrons. The smallest absolute Gasteiger partial charge is 0.285 e. The van der Waals surface area contributed by atoms with Crippen molar-refractivity contribution in [3.8, 4) is 12.3 Å². The Kier molecular flexibility index (Phi) is 4.88. The maximum absolute atomic E-state index is 11.7. The van der Waals surface area contributed by atoms with E-state index in [-0.39, 0.29) is 22.7 Å². The van der Waals surface area contributed by atoms with Crippen LogP contribution >= 0.6 is 0 Å². The van der Waals surface area contributed by atoms with E-state index in [1.807, 2.05) is 6.92 Å². The molecular weight excluding hydrogens is 232 g/mol. The summed E-state index contributed by atoms with van der Waals surface area (Å²) in [5.74, 6) is 1.90. The zero-order valence-electron chi connectivity index (χ0n) is 10.1. The molecule has 0 saturated carbocycles. The second-order valence-electron chi connectivity index (χ2n) is 3.74. The van der Waals surface area contributed by atoms with E-state index in [2.05, 4.69) is 11.2 Å². The number of unbranched alkanes of at least 4 members (excludes halogenated alkanes) is 1. The second-order valence-corrected chi connectivity index (χ2v) is 3.74. The summed E-state index contributed by atoms with van der Waals surface area (Å²) >= 11 is 0. The Morgan fingerprint density at radius 3 is 2.83 bits per heavy atom. The van der Waals surface area contributed by atoms with E-state index in [1.165, 1.54) is 18.2 Å². The number of nitro groups is 1. The summed E-state index contributed by atoms with van der Waals surface area (Å²) in [6.45, 7) is 2.57. The van der Waals surface area contributed by atoms with Crippen LogP contribution in [0.2, 0.25) is 0 Å². The Balaban J connectivity index is 2.91. The van der Waals surface area contributed by atoms with E-state index in [4.69, 9.17) is 6.42 Å². The number of hydrogen-bond donors (Lipinski definition) is 1. The fraction of sp³-hybridized carbons (Fsp3) is 0.308. The van der Waals surface area contributed by atoms with Gasteiger partial charge in [-0.05, 0) is 18.6 Å². The molecule has 0 aromatic heterocycles. The van der Waals surface area contributed by atoms with Crippen LogP contribution in [0.1, 0.15) is 35.7 Å². The summed E-state index contributed by atoms with van der Waals surface area (Å²) in [6.07, 6.45) is 7.00. The highest BCUT2D eigenvalue weighted by atomic mass is 16.6. The number of carbonyl (C=O) groups excluding carboxylic acids is 1. The molecule has 0 aliphatic heterocycles. The van der Waals surface area contributed by atoms with E-state index in [0.29, 0.717) is 6.54 Å². The van der Waals surface area contributed by atoms with Gasteiger partial charge in [-0.3, -0.25) is 14.9 Å². The lowest BCUT2D eigenvalue weighted by atomic mass is 10.1. The molecule has 1 aromatic rings. The molecule has 0 unspecified atom stereocenters. The van der Waals surface area contributed by atoms with Gasteiger partial charge in [-0.25, -0.2) is 0 Å². The highest BCUT2D eigenvalue weighted by molar-refractivity contribution is 5.95. The topological polar surface area (TPSA) is 72.2 Å². The summed E-state index contributed by atoms with van der Waals surface area (Å²) in [5, 5.41) is 13.5. The minimum Gasteiger partial charge on any atom is -0.352 e. The summed E-state index contributed by atoms with van der Waals surface area (Å²) in [5.41, 5.74) is 0.197. The molecule has 0 spiro atoms. The first kappa shape index (κ1) is 13.7. The van der Waals surface area contributed by atoms with Crippen molar-refractivity contribution in [3.05, 3.63) is 39.4 Å². The quantitative estimate of drug-likeness (QED) is 0.374. The van der Waals surface area contributed by atoms with Crippen molar-refractivity contribution in [1.29, 1.82) is 0 Å².